The first kappa shape index (κ1) is 11.7. The molecule has 3 nitrogen and oxygen atoms in total. The average molecular weight is 209 g/mol. The largest absolute Gasteiger partial charge is 0.495 e. The highest BCUT2D eigenvalue weighted by atomic mass is 16.5. The van der Waals surface area contributed by atoms with Crippen LogP contribution in [-0.2, 0) is 0 Å². The van der Waals surface area contributed by atoms with Gasteiger partial charge in [-0.1, -0.05) is 13.8 Å². The highest BCUT2D eigenvalue weighted by Crippen LogP contribution is 2.26. The van der Waals surface area contributed by atoms with E-state index in [1.165, 1.54) is 0 Å². The Labute approximate surface area is 91.2 Å². The van der Waals surface area contributed by atoms with Crippen molar-refractivity contribution >= 4 is 5.69 Å². The van der Waals surface area contributed by atoms with Crippen molar-refractivity contribution in [2.45, 2.75) is 20.3 Å². The summed E-state index contributed by atoms with van der Waals surface area (Å²) in [4.78, 5) is 0. The van der Waals surface area contributed by atoms with Gasteiger partial charge in [-0.15, -0.1) is 0 Å². The minimum Gasteiger partial charge on any atom is -0.495 e. The zero-order valence-electron chi connectivity index (χ0n) is 9.62. The Bertz CT molecular complexity index is 310. The van der Waals surface area contributed by atoms with E-state index in [-0.39, 0.29) is 0 Å². The molecule has 0 aliphatic heterocycles. The molecule has 0 saturated heterocycles. The summed E-state index contributed by atoms with van der Waals surface area (Å²) in [5, 5.41) is 0. The predicted molar refractivity (Wildman–Crippen MR) is 62.4 cm³/mol. The van der Waals surface area contributed by atoms with Crippen LogP contribution in [0.15, 0.2) is 18.2 Å². The number of methoxy groups -OCH3 is 1. The van der Waals surface area contributed by atoms with E-state index in [2.05, 4.69) is 13.8 Å². The van der Waals surface area contributed by atoms with Crippen LogP contribution in [0.1, 0.15) is 20.3 Å². The van der Waals surface area contributed by atoms with E-state index in [9.17, 15) is 0 Å². The van der Waals surface area contributed by atoms with Crippen molar-refractivity contribution < 1.29 is 9.47 Å². The van der Waals surface area contributed by atoms with Crippen LogP contribution >= 0.6 is 0 Å². The van der Waals surface area contributed by atoms with E-state index < -0.39 is 0 Å². The number of benzene rings is 1. The molecule has 3 heteroatoms. The van der Waals surface area contributed by atoms with Gasteiger partial charge < -0.3 is 15.2 Å². The maximum Gasteiger partial charge on any atom is 0.142 e. The van der Waals surface area contributed by atoms with E-state index in [4.69, 9.17) is 15.2 Å². The van der Waals surface area contributed by atoms with Gasteiger partial charge in [-0.3, -0.25) is 0 Å². The van der Waals surface area contributed by atoms with Crippen LogP contribution in [0.2, 0.25) is 0 Å². The van der Waals surface area contributed by atoms with Crippen molar-refractivity contribution in [2.75, 3.05) is 19.5 Å². The molecule has 0 atom stereocenters. The molecule has 0 saturated carbocycles. The van der Waals surface area contributed by atoms with Crippen molar-refractivity contribution in [2.24, 2.45) is 5.92 Å². The summed E-state index contributed by atoms with van der Waals surface area (Å²) in [5.74, 6) is 2.14. The number of nitrogen functional groups attached to an aromatic ring is 1. The molecular formula is C12H19NO2. The summed E-state index contributed by atoms with van der Waals surface area (Å²) in [6.45, 7) is 5.07. The van der Waals surface area contributed by atoms with Crippen LogP contribution in [-0.4, -0.2) is 13.7 Å². The number of anilines is 1. The van der Waals surface area contributed by atoms with Crippen LogP contribution in [0.5, 0.6) is 11.5 Å². The Kier molecular flexibility index (Phi) is 4.28. The molecule has 0 radical (unpaired) electrons. The number of hydrogen-bond donors (Lipinski definition) is 1. The lowest BCUT2D eigenvalue weighted by Crippen LogP contribution is -2.02. The molecule has 0 unspecified atom stereocenters. The zero-order valence-corrected chi connectivity index (χ0v) is 9.62. The molecule has 84 valence electrons. The summed E-state index contributed by atoms with van der Waals surface area (Å²) in [7, 11) is 1.60. The first-order chi connectivity index (χ1) is 7.13. The van der Waals surface area contributed by atoms with Crippen LogP contribution in [0, 0.1) is 5.92 Å². The smallest absolute Gasteiger partial charge is 0.142 e. The van der Waals surface area contributed by atoms with Crippen LogP contribution in [0.25, 0.3) is 0 Å². The van der Waals surface area contributed by atoms with Crippen molar-refractivity contribution in [1.29, 1.82) is 0 Å². The maximum absolute atomic E-state index is 5.76. The number of ether oxygens (including phenoxy) is 2. The van der Waals surface area contributed by atoms with Gasteiger partial charge in [0.2, 0.25) is 0 Å². The average Bonchev–Trinajstić information content (AvgIpc) is 2.17. The van der Waals surface area contributed by atoms with Gasteiger partial charge in [0.05, 0.1) is 19.4 Å². The molecule has 1 aromatic rings. The fourth-order valence-electron chi connectivity index (χ4n) is 1.21. The lowest BCUT2D eigenvalue weighted by atomic mass is 10.1. The van der Waals surface area contributed by atoms with E-state index in [0.717, 1.165) is 18.8 Å². The number of nitrogens with two attached hydrogens (primary N) is 1. The maximum atomic E-state index is 5.76. The van der Waals surface area contributed by atoms with Gasteiger partial charge in [0.1, 0.15) is 11.5 Å². The third kappa shape index (κ3) is 3.70. The van der Waals surface area contributed by atoms with Gasteiger partial charge >= 0.3 is 0 Å². The molecule has 0 aliphatic rings. The van der Waals surface area contributed by atoms with E-state index >= 15 is 0 Å². The SMILES string of the molecule is COc1ccc(OCCC(C)C)cc1N. The molecule has 1 aromatic carbocycles. The van der Waals surface area contributed by atoms with Crippen molar-refractivity contribution in [3.8, 4) is 11.5 Å². The Morgan fingerprint density at radius 2 is 2.07 bits per heavy atom. The fraction of sp³-hybridized carbons (Fsp3) is 0.500. The van der Waals surface area contributed by atoms with Crippen LogP contribution in [0.3, 0.4) is 0 Å². The molecule has 2 N–H and O–H groups in total. The third-order valence-electron chi connectivity index (χ3n) is 2.17. The third-order valence-corrected chi connectivity index (χ3v) is 2.17. The summed E-state index contributed by atoms with van der Waals surface area (Å²) in [6, 6.07) is 5.48. The molecule has 1 rings (SSSR count). The van der Waals surface area contributed by atoms with Gasteiger partial charge in [-0.05, 0) is 24.5 Å². The lowest BCUT2D eigenvalue weighted by molar-refractivity contribution is 0.289. The van der Waals surface area contributed by atoms with Crippen LogP contribution < -0.4 is 15.2 Å². The predicted octanol–water partition coefficient (Wildman–Crippen LogP) is 2.70. The van der Waals surface area contributed by atoms with E-state index in [1.54, 1.807) is 13.2 Å². The van der Waals surface area contributed by atoms with Gasteiger partial charge in [-0.2, -0.15) is 0 Å². The van der Waals surface area contributed by atoms with Crippen molar-refractivity contribution in [3.05, 3.63) is 18.2 Å². The molecule has 0 fully saturated rings. The Morgan fingerprint density at radius 3 is 2.60 bits per heavy atom. The van der Waals surface area contributed by atoms with Gasteiger partial charge in [0.25, 0.3) is 0 Å². The Hall–Kier alpha value is -1.38. The quantitative estimate of drug-likeness (QED) is 0.758. The molecule has 0 aliphatic carbocycles. The lowest BCUT2D eigenvalue weighted by Gasteiger charge is -2.10. The standard InChI is InChI=1S/C12H19NO2/c1-9(2)6-7-15-10-4-5-12(14-3)11(13)8-10/h4-5,8-9H,6-7,13H2,1-3H3. The molecule has 0 bridgehead atoms. The highest BCUT2D eigenvalue weighted by Gasteiger charge is 2.01. The second-order valence-corrected chi connectivity index (χ2v) is 3.93. The summed E-state index contributed by atoms with van der Waals surface area (Å²) in [5.41, 5.74) is 6.37. The molecule has 0 heterocycles. The first-order valence-electron chi connectivity index (χ1n) is 5.19. The molecule has 0 aromatic heterocycles. The van der Waals surface area contributed by atoms with Crippen molar-refractivity contribution in [1.82, 2.24) is 0 Å². The van der Waals surface area contributed by atoms with Crippen molar-refractivity contribution in [3.63, 3.8) is 0 Å². The van der Waals surface area contributed by atoms with E-state index in [1.807, 2.05) is 12.1 Å². The molecule has 0 spiro atoms. The summed E-state index contributed by atoms with van der Waals surface area (Å²) < 4.78 is 10.6. The topological polar surface area (TPSA) is 44.5 Å². The first-order valence-corrected chi connectivity index (χ1v) is 5.19. The monoisotopic (exact) mass is 209 g/mol. The van der Waals surface area contributed by atoms with Gasteiger partial charge in [0.15, 0.2) is 0 Å². The van der Waals surface area contributed by atoms with E-state index in [0.29, 0.717) is 17.4 Å². The van der Waals surface area contributed by atoms with Gasteiger partial charge in [-0.25, -0.2) is 0 Å². The van der Waals surface area contributed by atoms with Crippen LogP contribution in [0.4, 0.5) is 5.69 Å². The Balaban J connectivity index is 2.52. The minimum atomic E-state index is 0.611. The van der Waals surface area contributed by atoms with Gasteiger partial charge in [0, 0.05) is 6.07 Å². The summed E-state index contributed by atoms with van der Waals surface area (Å²) >= 11 is 0. The molecular weight excluding hydrogens is 190 g/mol. The minimum absolute atomic E-state index is 0.611. The Morgan fingerprint density at radius 1 is 1.33 bits per heavy atom. The molecule has 15 heavy (non-hydrogen) atoms. The number of rotatable bonds is 5. The zero-order chi connectivity index (χ0) is 11.3. The molecule has 0 amide bonds. The fourth-order valence-corrected chi connectivity index (χ4v) is 1.21. The normalized spacial score (nSPS) is 10.4. The summed E-state index contributed by atoms with van der Waals surface area (Å²) in [6.07, 6.45) is 1.05. The second kappa shape index (κ2) is 5.49. The second-order valence-electron chi connectivity index (χ2n) is 3.93. The number of hydrogen-bond acceptors (Lipinski definition) is 3. The highest BCUT2D eigenvalue weighted by molar-refractivity contribution is 5.56.